The highest BCUT2D eigenvalue weighted by atomic mass is 32.2. The molecule has 0 aromatic heterocycles. The molecule has 0 fully saturated rings. The van der Waals surface area contributed by atoms with Gasteiger partial charge in [0.15, 0.2) is 0 Å². The largest absolute Gasteiger partial charge is 0.497 e. The van der Waals surface area contributed by atoms with Crippen LogP contribution < -0.4 is 4.74 Å². The molecule has 106 valence electrons. The number of carboxylic acids is 1. The molecule has 5 heteroatoms. The Bertz CT molecular complexity index is 690. The van der Waals surface area contributed by atoms with Gasteiger partial charge >= 0.3 is 5.97 Å². The maximum atomic E-state index is 10.6. The van der Waals surface area contributed by atoms with Gasteiger partial charge in [-0.1, -0.05) is 23.9 Å². The lowest BCUT2D eigenvalue weighted by Gasteiger charge is -2.07. The zero-order valence-electron chi connectivity index (χ0n) is 11.4. The molecule has 21 heavy (non-hydrogen) atoms. The van der Waals surface area contributed by atoms with Crippen LogP contribution in [0, 0.1) is 11.3 Å². The second-order valence-electron chi connectivity index (χ2n) is 4.29. The lowest BCUT2D eigenvalue weighted by Crippen LogP contribution is -1.99. The molecular formula is C16H13NO3S. The zero-order valence-corrected chi connectivity index (χ0v) is 12.2. The maximum Gasteiger partial charge on any atom is 0.307 e. The molecule has 0 aliphatic heterocycles. The summed E-state index contributed by atoms with van der Waals surface area (Å²) >= 11 is 1.45. The fourth-order valence-electron chi connectivity index (χ4n) is 1.78. The average molecular weight is 299 g/mol. The number of carbonyl (C=O) groups is 1. The Labute approximate surface area is 127 Å². The van der Waals surface area contributed by atoms with E-state index in [4.69, 9.17) is 15.1 Å². The van der Waals surface area contributed by atoms with Gasteiger partial charge in [-0.3, -0.25) is 4.79 Å². The molecule has 0 aliphatic carbocycles. The second kappa shape index (κ2) is 6.82. The van der Waals surface area contributed by atoms with Crippen LogP contribution in [0.1, 0.15) is 11.1 Å². The maximum absolute atomic E-state index is 10.6. The van der Waals surface area contributed by atoms with Gasteiger partial charge in [-0.25, -0.2) is 0 Å². The topological polar surface area (TPSA) is 70.3 Å². The Balaban J connectivity index is 2.21. The Kier molecular flexibility index (Phi) is 4.85. The predicted molar refractivity (Wildman–Crippen MR) is 79.6 cm³/mol. The van der Waals surface area contributed by atoms with Crippen molar-refractivity contribution < 1.29 is 14.6 Å². The molecule has 4 nitrogen and oxygen atoms in total. The van der Waals surface area contributed by atoms with Crippen molar-refractivity contribution >= 4 is 17.7 Å². The van der Waals surface area contributed by atoms with Gasteiger partial charge in [0, 0.05) is 9.79 Å². The van der Waals surface area contributed by atoms with E-state index in [-0.39, 0.29) is 6.42 Å². The third-order valence-corrected chi connectivity index (χ3v) is 3.88. The van der Waals surface area contributed by atoms with Crippen molar-refractivity contribution in [2.24, 2.45) is 0 Å². The van der Waals surface area contributed by atoms with Crippen LogP contribution in [0.4, 0.5) is 0 Å². The van der Waals surface area contributed by atoms with E-state index >= 15 is 0 Å². The van der Waals surface area contributed by atoms with E-state index in [9.17, 15) is 4.79 Å². The van der Waals surface area contributed by atoms with E-state index in [0.29, 0.717) is 11.3 Å². The van der Waals surface area contributed by atoms with Gasteiger partial charge in [0.25, 0.3) is 0 Å². The van der Waals surface area contributed by atoms with Crippen molar-refractivity contribution in [3.05, 3.63) is 53.6 Å². The molecule has 2 aromatic carbocycles. The minimum absolute atomic E-state index is 0.00749. The fraction of sp³-hybridized carbons (Fsp3) is 0.125. The van der Waals surface area contributed by atoms with Gasteiger partial charge < -0.3 is 9.84 Å². The van der Waals surface area contributed by atoms with Crippen molar-refractivity contribution in [3.63, 3.8) is 0 Å². The summed E-state index contributed by atoms with van der Waals surface area (Å²) in [4.78, 5) is 12.4. The number of ether oxygens (including phenoxy) is 1. The number of nitrogens with zero attached hydrogens (tertiary/aromatic N) is 1. The quantitative estimate of drug-likeness (QED) is 0.916. The van der Waals surface area contributed by atoms with Crippen LogP contribution in [0.3, 0.4) is 0 Å². The minimum atomic E-state index is -0.852. The van der Waals surface area contributed by atoms with Gasteiger partial charge in [0.1, 0.15) is 11.8 Å². The van der Waals surface area contributed by atoms with Crippen LogP contribution in [0.5, 0.6) is 5.75 Å². The van der Waals surface area contributed by atoms with Gasteiger partial charge in [-0.15, -0.1) is 0 Å². The van der Waals surface area contributed by atoms with Crippen molar-refractivity contribution in [1.29, 1.82) is 5.26 Å². The van der Waals surface area contributed by atoms with E-state index in [0.717, 1.165) is 15.4 Å². The number of hydrogen-bond acceptors (Lipinski definition) is 4. The molecule has 0 saturated heterocycles. The normalized spacial score (nSPS) is 9.90. The van der Waals surface area contributed by atoms with Gasteiger partial charge in [0.05, 0.1) is 19.1 Å². The summed E-state index contributed by atoms with van der Waals surface area (Å²) in [5.41, 5.74) is 1.33. The van der Waals surface area contributed by atoms with E-state index in [1.54, 1.807) is 31.4 Å². The molecule has 0 heterocycles. The molecule has 0 saturated carbocycles. The summed E-state index contributed by atoms with van der Waals surface area (Å²) in [6.07, 6.45) is 0.00749. The Hall–Kier alpha value is -2.45. The summed E-state index contributed by atoms with van der Waals surface area (Å²) in [7, 11) is 1.58. The van der Waals surface area contributed by atoms with E-state index in [1.807, 2.05) is 18.2 Å². The molecule has 0 bridgehead atoms. The van der Waals surface area contributed by atoms with Gasteiger partial charge in [-0.2, -0.15) is 5.26 Å². The summed E-state index contributed by atoms with van der Waals surface area (Å²) < 4.78 is 5.17. The van der Waals surface area contributed by atoms with E-state index in [2.05, 4.69) is 6.07 Å². The van der Waals surface area contributed by atoms with E-state index < -0.39 is 5.97 Å². The molecule has 0 aliphatic rings. The number of benzene rings is 2. The molecule has 0 unspecified atom stereocenters. The van der Waals surface area contributed by atoms with Crippen molar-refractivity contribution in [2.75, 3.05) is 7.11 Å². The first kappa shape index (κ1) is 14.9. The number of nitriles is 1. The first-order chi connectivity index (χ1) is 10.1. The first-order valence-corrected chi connectivity index (χ1v) is 7.00. The third kappa shape index (κ3) is 4.01. The van der Waals surface area contributed by atoms with Crippen LogP contribution in [0.15, 0.2) is 52.3 Å². The Morgan fingerprint density at radius 3 is 2.57 bits per heavy atom. The summed E-state index contributed by atoms with van der Waals surface area (Å²) in [6, 6.07) is 14.7. The third-order valence-electron chi connectivity index (χ3n) is 2.82. The highest BCUT2D eigenvalue weighted by Crippen LogP contribution is 2.33. The number of carboxylic acid groups (broad SMARTS) is 1. The van der Waals surface area contributed by atoms with Crippen LogP contribution in [0.25, 0.3) is 0 Å². The number of methoxy groups -OCH3 is 1. The lowest BCUT2D eigenvalue weighted by atomic mass is 10.2. The van der Waals surface area contributed by atoms with Crippen LogP contribution in [0.2, 0.25) is 0 Å². The van der Waals surface area contributed by atoms with Gasteiger partial charge in [-0.05, 0) is 35.9 Å². The smallest absolute Gasteiger partial charge is 0.307 e. The summed E-state index contributed by atoms with van der Waals surface area (Å²) in [6.45, 7) is 0. The van der Waals surface area contributed by atoms with Gasteiger partial charge in [0.2, 0.25) is 0 Å². The minimum Gasteiger partial charge on any atom is -0.497 e. The SMILES string of the molecule is COc1ccc(C#N)c(Sc2ccc(CC(=O)O)cc2)c1. The Morgan fingerprint density at radius 1 is 1.29 bits per heavy atom. The zero-order chi connectivity index (χ0) is 15.2. The molecule has 2 rings (SSSR count). The van der Waals surface area contributed by atoms with E-state index in [1.165, 1.54) is 11.8 Å². The van der Waals surface area contributed by atoms with Crippen molar-refractivity contribution in [2.45, 2.75) is 16.2 Å². The number of rotatable bonds is 5. The molecule has 2 aromatic rings. The predicted octanol–water partition coefficient (Wildman–Crippen LogP) is 3.35. The monoisotopic (exact) mass is 299 g/mol. The molecule has 1 N–H and O–H groups in total. The lowest BCUT2D eigenvalue weighted by molar-refractivity contribution is -0.136. The Morgan fingerprint density at radius 2 is 2.00 bits per heavy atom. The highest BCUT2D eigenvalue weighted by molar-refractivity contribution is 7.99. The standard InChI is InChI=1S/C16H13NO3S/c1-20-13-5-4-12(10-17)15(9-13)21-14-6-2-11(3-7-14)8-16(18)19/h2-7,9H,8H2,1H3,(H,18,19). The fourth-order valence-corrected chi connectivity index (χ4v) is 2.71. The number of hydrogen-bond donors (Lipinski definition) is 1. The van der Waals surface area contributed by atoms with Crippen LogP contribution in [-0.4, -0.2) is 18.2 Å². The molecule has 0 radical (unpaired) electrons. The first-order valence-electron chi connectivity index (χ1n) is 6.19. The molecular weight excluding hydrogens is 286 g/mol. The molecule has 0 spiro atoms. The molecule has 0 atom stereocenters. The van der Waals surface area contributed by atoms with Crippen LogP contribution in [-0.2, 0) is 11.2 Å². The van der Waals surface area contributed by atoms with Crippen molar-refractivity contribution in [3.8, 4) is 11.8 Å². The average Bonchev–Trinajstić information content (AvgIpc) is 2.48. The van der Waals surface area contributed by atoms with Crippen molar-refractivity contribution in [1.82, 2.24) is 0 Å². The van der Waals surface area contributed by atoms with Crippen LogP contribution >= 0.6 is 11.8 Å². The summed E-state index contributed by atoms with van der Waals surface area (Å²) in [5.74, 6) is -0.158. The summed E-state index contributed by atoms with van der Waals surface area (Å²) in [5, 5.41) is 17.9. The highest BCUT2D eigenvalue weighted by Gasteiger charge is 2.07. The molecule has 0 amide bonds. The number of aliphatic carboxylic acids is 1. The second-order valence-corrected chi connectivity index (χ2v) is 5.41.